The average Bonchev–Trinajstić information content (AvgIpc) is 3.05. The third-order valence-electron chi connectivity index (χ3n) is 3.61. The summed E-state index contributed by atoms with van der Waals surface area (Å²) in [7, 11) is 0. The second-order valence-corrected chi connectivity index (χ2v) is 4.90. The van der Waals surface area contributed by atoms with Crippen LogP contribution in [0.25, 0.3) is 0 Å². The molecule has 0 radical (unpaired) electrons. The van der Waals surface area contributed by atoms with E-state index in [4.69, 9.17) is 0 Å². The quantitative estimate of drug-likeness (QED) is 0.820. The molecule has 2 aromatic rings. The molecule has 0 spiro atoms. The zero-order chi connectivity index (χ0) is 15.1. The van der Waals surface area contributed by atoms with Gasteiger partial charge in [-0.2, -0.15) is 5.10 Å². The molecule has 0 aliphatic heterocycles. The van der Waals surface area contributed by atoms with E-state index >= 15 is 0 Å². The van der Waals surface area contributed by atoms with E-state index in [-0.39, 0.29) is 5.91 Å². The number of aromatic amines is 1. The van der Waals surface area contributed by atoms with Crippen LogP contribution in [0.5, 0.6) is 0 Å². The van der Waals surface area contributed by atoms with Gasteiger partial charge >= 0.3 is 0 Å². The lowest BCUT2D eigenvalue weighted by Gasteiger charge is -2.20. The fourth-order valence-corrected chi connectivity index (χ4v) is 2.22. The molecule has 2 N–H and O–H groups in total. The topological polar surface area (TPSA) is 61.0 Å². The third-order valence-corrected chi connectivity index (χ3v) is 3.61. The number of nitrogens with one attached hydrogen (secondary N) is 2. The molecule has 0 bridgehead atoms. The highest BCUT2D eigenvalue weighted by Crippen LogP contribution is 2.12. The lowest BCUT2D eigenvalue weighted by atomic mass is 10.1. The van der Waals surface area contributed by atoms with Gasteiger partial charge in [0.2, 0.25) is 0 Å². The van der Waals surface area contributed by atoms with Crippen LogP contribution in [-0.4, -0.2) is 34.1 Å². The summed E-state index contributed by atoms with van der Waals surface area (Å²) in [5.41, 5.74) is 2.96. The molecule has 2 rings (SSSR count). The normalized spacial score (nSPS) is 10.8. The van der Waals surface area contributed by atoms with Crippen molar-refractivity contribution >= 4 is 5.91 Å². The van der Waals surface area contributed by atoms with E-state index < -0.39 is 0 Å². The lowest BCUT2D eigenvalue weighted by Crippen LogP contribution is -2.25. The van der Waals surface area contributed by atoms with Gasteiger partial charge in [-0.15, -0.1) is 0 Å². The molecule has 1 aromatic carbocycles. The van der Waals surface area contributed by atoms with Crippen molar-refractivity contribution in [2.24, 2.45) is 0 Å². The number of hydrogen-bond donors (Lipinski definition) is 2. The minimum atomic E-state index is -0.110. The van der Waals surface area contributed by atoms with Crippen molar-refractivity contribution in [3.05, 3.63) is 53.3 Å². The van der Waals surface area contributed by atoms with Crippen LogP contribution in [-0.2, 0) is 13.1 Å². The van der Waals surface area contributed by atoms with Gasteiger partial charge in [0.05, 0.1) is 11.8 Å². The Morgan fingerprint density at radius 3 is 2.57 bits per heavy atom. The summed E-state index contributed by atoms with van der Waals surface area (Å²) in [5, 5.41) is 9.36. The van der Waals surface area contributed by atoms with Crippen molar-refractivity contribution in [3.8, 4) is 0 Å². The highest BCUT2D eigenvalue weighted by Gasteiger charge is 2.09. The maximum Gasteiger partial charge on any atom is 0.254 e. The van der Waals surface area contributed by atoms with Crippen molar-refractivity contribution in [2.45, 2.75) is 26.9 Å². The van der Waals surface area contributed by atoms with Crippen molar-refractivity contribution in [1.29, 1.82) is 0 Å². The van der Waals surface area contributed by atoms with Gasteiger partial charge in [0.1, 0.15) is 0 Å². The molecule has 0 saturated heterocycles. The minimum absolute atomic E-state index is 0.110. The third kappa shape index (κ3) is 4.16. The Hall–Kier alpha value is -2.14. The van der Waals surface area contributed by atoms with Crippen molar-refractivity contribution in [3.63, 3.8) is 0 Å². The predicted molar refractivity (Wildman–Crippen MR) is 82.8 cm³/mol. The summed E-state index contributed by atoms with van der Waals surface area (Å²) in [6.07, 6.45) is 3.12. The zero-order valence-electron chi connectivity index (χ0n) is 12.6. The van der Waals surface area contributed by atoms with Crippen LogP contribution in [0.15, 0.2) is 36.7 Å². The Balaban J connectivity index is 2.01. The fraction of sp³-hybridized carbons (Fsp3) is 0.375. The summed E-state index contributed by atoms with van der Waals surface area (Å²) >= 11 is 0. The minimum Gasteiger partial charge on any atom is -0.348 e. The average molecular weight is 286 g/mol. The number of carbonyl (C=O) groups is 1. The van der Waals surface area contributed by atoms with Gasteiger partial charge in [0, 0.05) is 19.3 Å². The Labute approximate surface area is 125 Å². The molecule has 0 fully saturated rings. The Morgan fingerprint density at radius 2 is 1.95 bits per heavy atom. The van der Waals surface area contributed by atoms with E-state index in [0.29, 0.717) is 12.1 Å². The van der Waals surface area contributed by atoms with Gasteiger partial charge in [-0.25, -0.2) is 0 Å². The van der Waals surface area contributed by atoms with Crippen LogP contribution in [0, 0.1) is 0 Å². The molecule has 0 unspecified atom stereocenters. The fourth-order valence-electron chi connectivity index (χ4n) is 2.22. The number of hydrogen-bond acceptors (Lipinski definition) is 3. The molecular formula is C16H22N4O. The first kappa shape index (κ1) is 15.3. The van der Waals surface area contributed by atoms with Crippen LogP contribution in [0.1, 0.15) is 35.3 Å². The van der Waals surface area contributed by atoms with Crippen molar-refractivity contribution < 1.29 is 4.79 Å². The number of nitrogens with zero attached hydrogens (tertiary/aromatic N) is 2. The van der Waals surface area contributed by atoms with E-state index in [9.17, 15) is 4.79 Å². The maximum absolute atomic E-state index is 11.9. The Kier molecular flexibility index (Phi) is 5.51. The number of carbonyl (C=O) groups excluding carboxylic acids is 1. The lowest BCUT2D eigenvalue weighted by molar-refractivity contribution is 0.0951. The smallest absolute Gasteiger partial charge is 0.254 e. The van der Waals surface area contributed by atoms with Crippen molar-refractivity contribution in [1.82, 2.24) is 20.4 Å². The molecule has 5 nitrogen and oxygen atoms in total. The standard InChI is InChI=1S/C16H22N4O/c1-3-20(4-2)12-14-8-6-5-7-13(14)9-17-16(21)15-10-18-19-11-15/h5-8,10-11H,3-4,9,12H2,1-2H3,(H,17,21)(H,18,19). The molecule has 1 amide bonds. The van der Waals surface area contributed by atoms with Gasteiger partial charge in [-0.1, -0.05) is 38.1 Å². The maximum atomic E-state index is 11.9. The van der Waals surface area contributed by atoms with Crippen LogP contribution in [0.3, 0.4) is 0 Å². The largest absolute Gasteiger partial charge is 0.348 e. The van der Waals surface area contributed by atoms with E-state index in [1.54, 1.807) is 6.20 Å². The summed E-state index contributed by atoms with van der Waals surface area (Å²) in [4.78, 5) is 14.3. The molecule has 112 valence electrons. The number of amides is 1. The highest BCUT2D eigenvalue weighted by molar-refractivity contribution is 5.93. The first-order valence-corrected chi connectivity index (χ1v) is 7.30. The zero-order valence-corrected chi connectivity index (χ0v) is 12.6. The van der Waals surface area contributed by atoms with Crippen LogP contribution in [0.2, 0.25) is 0 Å². The van der Waals surface area contributed by atoms with E-state index in [2.05, 4.69) is 46.4 Å². The molecule has 0 aliphatic carbocycles. The molecule has 1 aromatic heterocycles. The van der Waals surface area contributed by atoms with Gasteiger partial charge < -0.3 is 5.32 Å². The van der Waals surface area contributed by atoms with Crippen LogP contribution >= 0.6 is 0 Å². The molecular weight excluding hydrogens is 264 g/mol. The molecule has 21 heavy (non-hydrogen) atoms. The second kappa shape index (κ2) is 7.59. The van der Waals surface area contributed by atoms with E-state index in [1.807, 2.05) is 12.1 Å². The molecule has 0 aliphatic rings. The van der Waals surface area contributed by atoms with Crippen LogP contribution in [0.4, 0.5) is 0 Å². The number of rotatable bonds is 7. The van der Waals surface area contributed by atoms with E-state index in [1.165, 1.54) is 11.8 Å². The number of benzene rings is 1. The molecule has 0 atom stereocenters. The predicted octanol–water partition coefficient (Wildman–Crippen LogP) is 2.18. The molecule has 1 heterocycles. The van der Waals surface area contributed by atoms with Crippen molar-refractivity contribution in [2.75, 3.05) is 13.1 Å². The summed E-state index contributed by atoms with van der Waals surface area (Å²) in [6.45, 7) is 7.80. The molecule has 0 saturated carbocycles. The summed E-state index contributed by atoms with van der Waals surface area (Å²) < 4.78 is 0. The monoisotopic (exact) mass is 286 g/mol. The Morgan fingerprint density at radius 1 is 1.24 bits per heavy atom. The van der Waals surface area contributed by atoms with Gasteiger partial charge in [-0.05, 0) is 24.2 Å². The van der Waals surface area contributed by atoms with Gasteiger partial charge in [0.25, 0.3) is 5.91 Å². The van der Waals surface area contributed by atoms with Gasteiger partial charge in [0.15, 0.2) is 0 Å². The number of H-pyrrole nitrogens is 1. The summed E-state index contributed by atoms with van der Waals surface area (Å²) in [6, 6.07) is 8.23. The first-order valence-electron chi connectivity index (χ1n) is 7.30. The Bertz CT molecular complexity index is 561. The highest BCUT2D eigenvalue weighted by atomic mass is 16.1. The van der Waals surface area contributed by atoms with Crippen LogP contribution < -0.4 is 5.32 Å². The van der Waals surface area contributed by atoms with E-state index in [0.717, 1.165) is 25.2 Å². The van der Waals surface area contributed by atoms with Gasteiger partial charge in [-0.3, -0.25) is 14.8 Å². The molecule has 5 heteroatoms. The summed E-state index contributed by atoms with van der Waals surface area (Å²) in [5.74, 6) is -0.110. The SMILES string of the molecule is CCN(CC)Cc1ccccc1CNC(=O)c1cn[nH]c1. The number of aromatic nitrogens is 2. The first-order chi connectivity index (χ1) is 10.2. The second-order valence-electron chi connectivity index (χ2n) is 4.90.